The lowest BCUT2D eigenvalue weighted by Gasteiger charge is -2.56. The summed E-state index contributed by atoms with van der Waals surface area (Å²) >= 11 is 0. The summed E-state index contributed by atoms with van der Waals surface area (Å²) in [6.45, 7) is 4.45. The number of amides is 2. The number of aliphatic carboxylic acids is 1. The van der Waals surface area contributed by atoms with E-state index in [0.717, 1.165) is 19.3 Å². The highest BCUT2D eigenvalue weighted by atomic mass is 16.5. The number of carboxylic acid groups (broad SMARTS) is 1. The van der Waals surface area contributed by atoms with Gasteiger partial charge in [-0.15, -0.1) is 0 Å². The minimum atomic E-state index is -1.06. The minimum Gasteiger partial charge on any atom is -0.479 e. The molecule has 2 N–H and O–H groups in total. The molecule has 4 aliphatic carbocycles. The molecule has 2 amide bonds. The molecule has 2 unspecified atom stereocenters. The van der Waals surface area contributed by atoms with Crippen LogP contribution in [0.1, 0.15) is 52.4 Å². The van der Waals surface area contributed by atoms with Crippen molar-refractivity contribution in [3.8, 4) is 0 Å². The smallest absolute Gasteiger partial charge is 0.334 e. The molecule has 0 radical (unpaired) electrons. The highest BCUT2D eigenvalue weighted by Gasteiger charge is 2.55. The molecule has 1 aliphatic heterocycles. The zero-order valence-corrected chi connectivity index (χ0v) is 16.9. The summed E-state index contributed by atoms with van der Waals surface area (Å²) in [5.41, 5.74) is -0.295. The van der Waals surface area contributed by atoms with Gasteiger partial charge in [-0.2, -0.15) is 0 Å². The number of hydrogen-bond donors (Lipinski definition) is 2. The molecule has 5 rings (SSSR count). The predicted octanol–water partition coefficient (Wildman–Crippen LogP) is 1.66. The van der Waals surface area contributed by atoms with Crippen LogP contribution in [0.15, 0.2) is 0 Å². The van der Waals surface area contributed by atoms with Crippen LogP contribution in [0.25, 0.3) is 0 Å². The van der Waals surface area contributed by atoms with Gasteiger partial charge in [-0.1, -0.05) is 13.8 Å². The van der Waals surface area contributed by atoms with E-state index in [-0.39, 0.29) is 36.3 Å². The van der Waals surface area contributed by atoms with E-state index in [1.807, 2.05) is 13.8 Å². The summed E-state index contributed by atoms with van der Waals surface area (Å²) < 4.78 is 5.22. The molecule has 1 saturated heterocycles. The number of carbonyl (C=O) groups excluding carboxylic acids is 2. The fraction of sp³-hybridized carbons (Fsp3) is 0.857. The second kappa shape index (κ2) is 7.32. The second-order valence-corrected chi connectivity index (χ2v) is 9.87. The first kappa shape index (κ1) is 19.7. The van der Waals surface area contributed by atoms with Gasteiger partial charge in [-0.05, 0) is 62.2 Å². The van der Waals surface area contributed by atoms with E-state index in [1.165, 1.54) is 24.2 Å². The summed E-state index contributed by atoms with van der Waals surface area (Å²) in [6, 6.07) is -0.618. The Morgan fingerprint density at radius 1 is 1.07 bits per heavy atom. The molecule has 4 bridgehead atoms. The number of hydrogen-bond acceptors (Lipinski definition) is 4. The van der Waals surface area contributed by atoms with Gasteiger partial charge in [0, 0.05) is 12.0 Å². The van der Waals surface area contributed by atoms with Crippen molar-refractivity contribution in [2.45, 2.75) is 64.5 Å². The zero-order valence-electron chi connectivity index (χ0n) is 16.9. The van der Waals surface area contributed by atoms with Crippen LogP contribution in [0, 0.1) is 29.1 Å². The largest absolute Gasteiger partial charge is 0.479 e. The maximum atomic E-state index is 13.4. The van der Waals surface area contributed by atoms with Crippen molar-refractivity contribution in [3.05, 3.63) is 0 Å². The monoisotopic (exact) mass is 392 g/mol. The minimum absolute atomic E-state index is 0.0324. The van der Waals surface area contributed by atoms with Gasteiger partial charge in [0.1, 0.15) is 6.04 Å². The van der Waals surface area contributed by atoms with Gasteiger partial charge in [0.2, 0.25) is 11.8 Å². The van der Waals surface area contributed by atoms with E-state index in [2.05, 4.69) is 5.32 Å². The van der Waals surface area contributed by atoms with Gasteiger partial charge in [-0.25, -0.2) is 4.79 Å². The Morgan fingerprint density at radius 2 is 1.64 bits per heavy atom. The van der Waals surface area contributed by atoms with Crippen LogP contribution in [0.3, 0.4) is 0 Å². The Labute approximate surface area is 166 Å². The zero-order chi connectivity index (χ0) is 20.1. The van der Waals surface area contributed by atoms with E-state index in [4.69, 9.17) is 4.74 Å². The SMILES string of the molecule is CC(C)C(NC(=O)C12CC3CC(CC(C3)C1)C2)C(=O)N1CCOC(C(=O)O)C1. The van der Waals surface area contributed by atoms with Crippen LogP contribution >= 0.6 is 0 Å². The number of carboxylic acids is 1. The third kappa shape index (κ3) is 3.53. The quantitative estimate of drug-likeness (QED) is 0.742. The van der Waals surface area contributed by atoms with Crippen LogP contribution < -0.4 is 5.32 Å². The first-order chi connectivity index (χ1) is 13.3. The molecule has 2 atom stereocenters. The molecular weight excluding hydrogens is 360 g/mol. The number of nitrogens with one attached hydrogen (secondary N) is 1. The number of carbonyl (C=O) groups is 3. The molecule has 1 heterocycles. The lowest BCUT2D eigenvalue weighted by atomic mass is 9.49. The molecule has 4 saturated carbocycles. The first-order valence-corrected chi connectivity index (χ1v) is 10.7. The summed E-state index contributed by atoms with van der Waals surface area (Å²) in [7, 11) is 0. The topological polar surface area (TPSA) is 95.9 Å². The predicted molar refractivity (Wildman–Crippen MR) is 101 cm³/mol. The number of nitrogens with zero attached hydrogens (tertiary/aromatic N) is 1. The van der Waals surface area contributed by atoms with Crippen LogP contribution in [0.4, 0.5) is 0 Å². The Kier molecular flexibility index (Phi) is 5.14. The van der Waals surface area contributed by atoms with Crippen molar-refractivity contribution in [1.82, 2.24) is 10.2 Å². The van der Waals surface area contributed by atoms with Crippen molar-refractivity contribution >= 4 is 17.8 Å². The van der Waals surface area contributed by atoms with Gasteiger partial charge < -0.3 is 20.1 Å². The third-order valence-electron chi connectivity index (χ3n) is 7.39. The van der Waals surface area contributed by atoms with E-state index in [9.17, 15) is 19.5 Å². The average molecular weight is 392 g/mol. The molecule has 7 heteroatoms. The molecule has 156 valence electrons. The first-order valence-electron chi connectivity index (χ1n) is 10.7. The third-order valence-corrected chi connectivity index (χ3v) is 7.39. The van der Waals surface area contributed by atoms with Crippen molar-refractivity contribution < 1.29 is 24.2 Å². The lowest BCUT2D eigenvalue weighted by Crippen LogP contribution is -2.60. The van der Waals surface area contributed by atoms with Crippen molar-refractivity contribution in [1.29, 1.82) is 0 Å². The number of rotatable bonds is 5. The lowest BCUT2D eigenvalue weighted by molar-refractivity contribution is -0.161. The average Bonchev–Trinajstić information content (AvgIpc) is 2.64. The number of morpholine rings is 1. The van der Waals surface area contributed by atoms with E-state index in [1.54, 1.807) is 0 Å². The molecule has 0 aromatic carbocycles. The standard InChI is InChI=1S/C21H32N2O5/c1-12(2)17(18(24)23-3-4-28-16(11-23)19(25)26)22-20(27)21-8-13-5-14(9-21)7-15(6-13)10-21/h12-17H,3-11H2,1-2H3,(H,22,27)(H,25,26). The van der Waals surface area contributed by atoms with Gasteiger partial charge in [0.15, 0.2) is 6.10 Å². The second-order valence-electron chi connectivity index (χ2n) is 9.87. The summed E-state index contributed by atoms with van der Waals surface area (Å²) in [4.78, 5) is 39.3. The van der Waals surface area contributed by atoms with Gasteiger partial charge in [-0.3, -0.25) is 9.59 Å². The maximum absolute atomic E-state index is 13.4. The molecular formula is C21H32N2O5. The Bertz CT molecular complexity index is 626. The Morgan fingerprint density at radius 3 is 2.14 bits per heavy atom. The maximum Gasteiger partial charge on any atom is 0.334 e. The van der Waals surface area contributed by atoms with Gasteiger partial charge in [0.05, 0.1) is 13.2 Å². The molecule has 5 fully saturated rings. The summed E-state index contributed by atoms with van der Waals surface area (Å²) in [6.07, 6.45) is 5.69. The van der Waals surface area contributed by atoms with Crippen LogP contribution in [-0.2, 0) is 19.1 Å². The van der Waals surface area contributed by atoms with Crippen LogP contribution in [0.2, 0.25) is 0 Å². The highest BCUT2D eigenvalue weighted by Crippen LogP contribution is 2.60. The highest BCUT2D eigenvalue weighted by molar-refractivity contribution is 5.91. The van der Waals surface area contributed by atoms with Crippen molar-refractivity contribution in [2.24, 2.45) is 29.1 Å². The van der Waals surface area contributed by atoms with Gasteiger partial charge >= 0.3 is 5.97 Å². The number of ether oxygens (including phenoxy) is 1. The van der Waals surface area contributed by atoms with E-state index >= 15 is 0 Å². The Hall–Kier alpha value is -1.63. The van der Waals surface area contributed by atoms with Crippen molar-refractivity contribution in [2.75, 3.05) is 19.7 Å². The van der Waals surface area contributed by atoms with Gasteiger partial charge in [0.25, 0.3) is 0 Å². The fourth-order valence-electron chi connectivity index (χ4n) is 6.39. The molecule has 7 nitrogen and oxygen atoms in total. The molecule has 0 aromatic heterocycles. The summed E-state index contributed by atoms with van der Waals surface area (Å²) in [5, 5.41) is 12.3. The van der Waals surface area contributed by atoms with E-state index < -0.39 is 18.1 Å². The Balaban J connectivity index is 1.46. The molecule has 0 spiro atoms. The molecule has 5 aliphatic rings. The van der Waals surface area contributed by atoms with Crippen molar-refractivity contribution in [3.63, 3.8) is 0 Å². The fourth-order valence-corrected chi connectivity index (χ4v) is 6.39. The molecule has 0 aromatic rings. The van der Waals surface area contributed by atoms with Crippen LogP contribution in [-0.4, -0.2) is 59.6 Å². The summed E-state index contributed by atoms with van der Waals surface area (Å²) in [5.74, 6) is 0.735. The van der Waals surface area contributed by atoms with Crippen LogP contribution in [0.5, 0.6) is 0 Å². The van der Waals surface area contributed by atoms with E-state index in [0.29, 0.717) is 24.3 Å². The normalized spacial score (nSPS) is 37.8. The molecule has 28 heavy (non-hydrogen) atoms.